The van der Waals surface area contributed by atoms with Crippen LogP contribution in [0.3, 0.4) is 0 Å². The Hall–Kier alpha value is -0.0800. The molecule has 1 saturated heterocycles. The lowest BCUT2D eigenvalue weighted by Crippen LogP contribution is -2.53. The molecule has 1 N–H and O–H groups in total. The van der Waals surface area contributed by atoms with Crippen molar-refractivity contribution in [3.63, 3.8) is 0 Å². The van der Waals surface area contributed by atoms with Crippen LogP contribution in [0.15, 0.2) is 0 Å². The van der Waals surface area contributed by atoms with Crippen LogP contribution in [0.1, 0.15) is 41.0 Å². The van der Waals surface area contributed by atoms with E-state index >= 15 is 0 Å². The molecule has 4 atom stereocenters. The van der Waals surface area contributed by atoms with Crippen molar-refractivity contribution in [2.24, 2.45) is 11.8 Å². The highest BCUT2D eigenvalue weighted by molar-refractivity contribution is 4.87. The molecule has 0 spiro atoms. The zero-order chi connectivity index (χ0) is 11.6. The first-order valence-corrected chi connectivity index (χ1v) is 6.38. The van der Waals surface area contributed by atoms with Gasteiger partial charge in [-0.15, -0.1) is 0 Å². The summed E-state index contributed by atoms with van der Waals surface area (Å²) in [5.41, 5.74) is 0. The first kappa shape index (κ1) is 13.0. The van der Waals surface area contributed by atoms with E-state index in [0.29, 0.717) is 12.1 Å². The van der Waals surface area contributed by atoms with Gasteiger partial charge in [0.2, 0.25) is 0 Å². The maximum atomic E-state index is 3.79. The van der Waals surface area contributed by atoms with E-state index in [9.17, 15) is 0 Å². The third kappa shape index (κ3) is 3.46. The van der Waals surface area contributed by atoms with Crippen molar-refractivity contribution in [1.29, 1.82) is 0 Å². The SMILES string of the molecule is CC(C)C(C)NC1CC(C)N(C)CC1C. The number of nitrogens with zero attached hydrogens (tertiary/aromatic N) is 1. The van der Waals surface area contributed by atoms with Crippen LogP contribution < -0.4 is 5.32 Å². The second kappa shape index (κ2) is 5.31. The molecule has 1 rings (SSSR count). The van der Waals surface area contributed by atoms with Crippen molar-refractivity contribution in [1.82, 2.24) is 10.2 Å². The zero-order valence-electron chi connectivity index (χ0n) is 11.2. The van der Waals surface area contributed by atoms with Gasteiger partial charge in [0.1, 0.15) is 0 Å². The van der Waals surface area contributed by atoms with Crippen LogP contribution in [0.25, 0.3) is 0 Å². The van der Waals surface area contributed by atoms with Gasteiger partial charge in [0.25, 0.3) is 0 Å². The summed E-state index contributed by atoms with van der Waals surface area (Å²) >= 11 is 0. The number of hydrogen-bond donors (Lipinski definition) is 1. The van der Waals surface area contributed by atoms with Gasteiger partial charge in [-0.25, -0.2) is 0 Å². The second-order valence-corrected chi connectivity index (χ2v) is 5.81. The average molecular weight is 212 g/mol. The van der Waals surface area contributed by atoms with Gasteiger partial charge in [-0.3, -0.25) is 0 Å². The minimum atomic E-state index is 0.632. The van der Waals surface area contributed by atoms with Crippen LogP contribution in [0.5, 0.6) is 0 Å². The van der Waals surface area contributed by atoms with Crippen LogP contribution in [0, 0.1) is 11.8 Å². The molecule has 0 aromatic heterocycles. The number of nitrogens with one attached hydrogen (secondary N) is 1. The Labute approximate surface area is 95.4 Å². The molecule has 1 heterocycles. The normalized spacial score (nSPS) is 35.8. The number of rotatable bonds is 3. The molecule has 1 fully saturated rings. The lowest BCUT2D eigenvalue weighted by molar-refractivity contribution is 0.113. The summed E-state index contributed by atoms with van der Waals surface area (Å²) in [6.45, 7) is 12.8. The summed E-state index contributed by atoms with van der Waals surface area (Å²) in [4.78, 5) is 2.48. The summed E-state index contributed by atoms with van der Waals surface area (Å²) in [5.74, 6) is 1.50. The van der Waals surface area contributed by atoms with E-state index in [-0.39, 0.29) is 0 Å². The van der Waals surface area contributed by atoms with Crippen molar-refractivity contribution in [2.75, 3.05) is 13.6 Å². The van der Waals surface area contributed by atoms with E-state index in [2.05, 4.69) is 51.9 Å². The molecule has 0 aromatic carbocycles. The van der Waals surface area contributed by atoms with Crippen molar-refractivity contribution >= 4 is 0 Å². The second-order valence-electron chi connectivity index (χ2n) is 5.81. The smallest absolute Gasteiger partial charge is 0.0122 e. The van der Waals surface area contributed by atoms with E-state index < -0.39 is 0 Å². The Bertz CT molecular complexity index is 191. The molecule has 2 nitrogen and oxygen atoms in total. The molecule has 2 heteroatoms. The minimum absolute atomic E-state index is 0.632. The Kier molecular flexibility index (Phi) is 4.60. The molecule has 1 aliphatic rings. The van der Waals surface area contributed by atoms with Gasteiger partial charge in [-0.2, -0.15) is 0 Å². The first-order valence-electron chi connectivity index (χ1n) is 6.38. The molecule has 0 amide bonds. The van der Waals surface area contributed by atoms with Gasteiger partial charge in [0.05, 0.1) is 0 Å². The standard InChI is InChI=1S/C13H28N2/c1-9(2)12(5)14-13-7-11(4)15(6)8-10(13)3/h9-14H,7-8H2,1-6H3. The zero-order valence-corrected chi connectivity index (χ0v) is 11.2. The molecule has 0 radical (unpaired) electrons. The largest absolute Gasteiger partial charge is 0.311 e. The summed E-state index contributed by atoms with van der Waals surface area (Å²) in [6, 6.07) is 2.06. The molecule has 0 saturated carbocycles. The Morgan fingerprint density at radius 1 is 1.20 bits per heavy atom. The van der Waals surface area contributed by atoms with Crippen molar-refractivity contribution in [3.05, 3.63) is 0 Å². The first-order chi connectivity index (χ1) is 6.91. The molecular formula is C13H28N2. The maximum absolute atomic E-state index is 3.79. The van der Waals surface area contributed by atoms with Crippen molar-refractivity contribution in [2.45, 2.75) is 59.2 Å². The van der Waals surface area contributed by atoms with E-state index in [1.165, 1.54) is 13.0 Å². The predicted octanol–water partition coefficient (Wildman–Crippen LogP) is 2.35. The molecule has 0 bridgehead atoms. The van der Waals surface area contributed by atoms with Crippen LogP contribution in [0.2, 0.25) is 0 Å². The van der Waals surface area contributed by atoms with Crippen LogP contribution in [-0.4, -0.2) is 36.6 Å². The summed E-state index contributed by atoms with van der Waals surface area (Å²) in [6.07, 6.45) is 1.29. The summed E-state index contributed by atoms with van der Waals surface area (Å²) < 4.78 is 0. The quantitative estimate of drug-likeness (QED) is 0.772. The highest BCUT2D eigenvalue weighted by Gasteiger charge is 2.29. The third-order valence-electron chi connectivity index (χ3n) is 4.09. The number of piperidine rings is 1. The highest BCUT2D eigenvalue weighted by atomic mass is 15.2. The van der Waals surface area contributed by atoms with E-state index in [1.807, 2.05) is 0 Å². The Morgan fingerprint density at radius 2 is 1.80 bits per heavy atom. The molecule has 4 unspecified atom stereocenters. The summed E-state index contributed by atoms with van der Waals surface area (Å²) in [5, 5.41) is 3.79. The maximum Gasteiger partial charge on any atom is 0.0122 e. The Balaban J connectivity index is 2.47. The predicted molar refractivity (Wildman–Crippen MR) is 67.1 cm³/mol. The molecular weight excluding hydrogens is 184 g/mol. The van der Waals surface area contributed by atoms with E-state index in [0.717, 1.165) is 17.9 Å². The molecule has 90 valence electrons. The average Bonchev–Trinajstić information content (AvgIpc) is 2.13. The lowest BCUT2D eigenvalue weighted by Gasteiger charge is -2.41. The van der Waals surface area contributed by atoms with Gasteiger partial charge < -0.3 is 10.2 Å². The fraction of sp³-hybridized carbons (Fsp3) is 1.00. The number of hydrogen-bond acceptors (Lipinski definition) is 2. The lowest BCUT2D eigenvalue weighted by atomic mass is 9.88. The van der Waals surface area contributed by atoms with E-state index in [1.54, 1.807) is 0 Å². The molecule has 0 aliphatic carbocycles. The third-order valence-corrected chi connectivity index (χ3v) is 4.09. The monoisotopic (exact) mass is 212 g/mol. The van der Waals surface area contributed by atoms with Gasteiger partial charge >= 0.3 is 0 Å². The van der Waals surface area contributed by atoms with E-state index in [4.69, 9.17) is 0 Å². The van der Waals surface area contributed by atoms with Gasteiger partial charge in [0.15, 0.2) is 0 Å². The number of likely N-dealkylation sites (tertiary alicyclic amines) is 1. The minimum Gasteiger partial charge on any atom is -0.311 e. The highest BCUT2D eigenvalue weighted by Crippen LogP contribution is 2.21. The van der Waals surface area contributed by atoms with Gasteiger partial charge in [-0.05, 0) is 39.2 Å². The molecule has 1 aliphatic heterocycles. The van der Waals surface area contributed by atoms with Crippen LogP contribution >= 0.6 is 0 Å². The molecule has 15 heavy (non-hydrogen) atoms. The van der Waals surface area contributed by atoms with Gasteiger partial charge in [0, 0.05) is 24.7 Å². The fourth-order valence-electron chi connectivity index (χ4n) is 2.30. The molecule has 0 aromatic rings. The van der Waals surface area contributed by atoms with Crippen LogP contribution in [0.4, 0.5) is 0 Å². The van der Waals surface area contributed by atoms with Gasteiger partial charge in [-0.1, -0.05) is 20.8 Å². The van der Waals surface area contributed by atoms with Crippen molar-refractivity contribution in [3.8, 4) is 0 Å². The Morgan fingerprint density at radius 3 is 2.33 bits per heavy atom. The fourth-order valence-corrected chi connectivity index (χ4v) is 2.30. The van der Waals surface area contributed by atoms with Crippen molar-refractivity contribution < 1.29 is 0 Å². The topological polar surface area (TPSA) is 15.3 Å². The summed E-state index contributed by atoms with van der Waals surface area (Å²) in [7, 11) is 2.24. The van der Waals surface area contributed by atoms with Crippen LogP contribution in [-0.2, 0) is 0 Å².